The molecule has 2 N–H and O–H groups in total. The number of nitrogens with one attached hydrogen (secondary N) is 1. The van der Waals surface area contributed by atoms with Gasteiger partial charge in [0.2, 0.25) is 5.91 Å². The van der Waals surface area contributed by atoms with Crippen LogP contribution >= 0.6 is 0 Å². The van der Waals surface area contributed by atoms with E-state index in [2.05, 4.69) is 10.2 Å². The van der Waals surface area contributed by atoms with Crippen LogP contribution in [0.25, 0.3) is 0 Å². The van der Waals surface area contributed by atoms with Crippen LogP contribution in [0.15, 0.2) is 18.2 Å². The van der Waals surface area contributed by atoms with Crippen LogP contribution in [0, 0.1) is 11.8 Å². The molecule has 4 saturated heterocycles. The topological polar surface area (TPSA) is 70.8 Å². The Labute approximate surface area is 152 Å². The summed E-state index contributed by atoms with van der Waals surface area (Å²) in [4.78, 5) is 15.7. The average molecular weight is 356 g/mol. The highest BCUT2D eigenvalue weighted by Gasteiger charge is 2.76. The summed E-state index contributed by atoms with van der Waals surface area (Å²) in [6.07, 6.45) is 1.17. The first kappa shape index (κ1) is 15.4. The molecule has 1 spiro atoms. The number of rotatable bonds is 2. The zero-order valence-electron chi connectivity index (χ0n) is 15.1. The van der Waals surface area contributed by atoms with Gasteiger partial charge in [-0.05, 0) is 37.3 Å². The molecule has 6 nitrogen and oxygen atoms in total. The summed E-state index contributed by atoms with van der Waals surface area (Å²) >= 11 is 0. The number of benzene rings is 1. The van der Waals surface area contributed by atoms with E-state index in [9.17, 15) is 9.90 Å². The van der Waals surface area contributed by atoms with Crippen molar-refractivity contribution in [3.05, 3.63) is 23.8 Å². The molecule has 1 aromatic carbocycles. The number of amides is 1. The van der Waals surface area contributed by atoms with Crippen molar-refractivity contribution in [1.29, 1.82) is 0 Å². The lowest BCUT2D eigenvalue weighted by Gasteiger charge is -2.41. The Morgan fingerprint density at radius 1 is 1.46 bits per heavy atom. The second kappa shape index (κ2) is 4.61. The van der Waals surface area contributed by atoms with Crippen molar-refractivity contribution < 1.29 is 19.4 Å². The van der Waals surface area contributed by atoms with Crippen LogP contribution < -0.4 is 10.1 Å². The molecule has 4 bridgehead atoms. The number of carbonyl (C=O) groups is 1. The molecular formula is C20H24N2O4. The molecule has 2 unspecified atom stereocenters. The highest BCUT2D eigenvalue weighted by atomic mass is 16.5. The molecule has 1 saturated carbocycles. The Morgan fingerprint density at radius 2 is 2.31 bits per heavy atom. The first-order valence-corrected chi connectivity index (χ1v) is 9.59. The lowest BCUT2D eigenvalue weighted by Crippen LogP contribution is -2.52. The van der Waals surface area contributed by atoms with Gasteiger partial charge in [-0.15, -0.1) is 0 Å². The molecule has 5 aliphatic heterocycles. The number of nitrogens with zero attached hydrogens (tertiary/aromatic N) is 1. The van der Waals surface area contributed by atoms with Gasteiger partial charge in [0.1, 0.15) is 11.2 Å². The first-order valence-electron chi connectivity index (χ1n) is 9.59. The summed E-state index contributed by atoms with van der Waals surface area (Å²) in [6.45, 7) is 3.58. The number of hydrogen-bond acceptors (Lipinski definition) is 5. The van der Waals surface area contributed by atoms with Gasteiger partial charge in [-0.3, -0.25) is 9.69 Å². The third-order valence-corrected chi connectivity index (χ3v) is 8.03. The number of aliphatic hydroxyl groups is 1. The van der Waals surface area contributed by atoms with Gasteiger partial charge in [-0.25, -0.2) is 0 Å². The second-order valence-electron chi connectivity index (χ2n) is 8.73. The van der Waals surface area contributed by atoms with E-state index in [-0.39, 0.29) is 23.7 Å². The van der Waals surface area contributed by atoms with Crippen molar-refractivity contribution in [3.63, 3.8) is 0 Å². The lowest BCUT2D eigenvalue weighted by molar-refractivity contribution is -0.131. The van der Waals surface area contributed by atoms with Crippen molar-refractivity contribution in [1.82, 2.24) is 4.90 Å². The summed E-state index contributed by atoms with van der Waals surface area (Å²) in [5, 5.41) is 13.6. The highest BCUT2D eigenvalue weighted by molar-refractivity contribution is 6.07. The molecule has 0 radical (unpaired) electrons. The van der Waals surface area contributed by atoms with Gasteiger partial charge < -0.3 is 19.9 Å². The van der Waals surface area contributed by atoms with Crippen molar-refractivity contribution >= 4 is 11.6 Å². The quantitative estimate of drug-likeness (QED) is 0.778. The molecule has 6 heteroatoms. The number of piperidine rings is 1. The maximum absolute atomic E-state index is 13.3. The first-order chi connectivity index (χ1) is 12.5. The minimum absolute atomic E-state index is 0.0588. The fraction of sp³-hybridized carbons (Fsp3) is 0.650. The molecule has 7 rings (SSSR count). The second-order valence-corrected chi connectivity index (χ2v) is 8.73. The van der Waals surface area contributed by atoms with Crippen molar-refractivity contribution in [2.45, 2.75) is 49.0 Å². The van der Waals surface area contributed by atoms with Crippen molar-refractivity contribution in [2.24, 2.45) is 11.8 Å². The highest BCUT2D eigenvalue weighted by Crippen LogP contribution is 2.65. The molecule has 8 atom stereocenters. The molecular weight excluding hydrogens is 332 g/mol. The van der Waals surface area contributed by atoms with Gasteiger partial charge in [-0.2, -0.15) is 0 Å². The van der Waals surface area contributed by atoms with Gasteiger partial charge in [0.05, 0.1) is 31.5 Å². The maximum atomic E-state index is 13.3. The number of anilines is 1. The van der Waals surface area contributed by atoms with E-state index < -0.39 is 5.41 Å². The molecule has 138 valence electrons. The van der Waals surface area contributed by atoms with Crippen LogP contribution in [0.1, 0.15) is 25.3 Å². The number of ether oxygens (including phenoxy) is 2. The summed E-state index contributed by atoms with van der Waals surface area (Å²) in [5.74, 6) is 1.65. The summed E-state index contributed by atoms with van der Waals surface area (Å²) < 4.78 is 11.6. The Balaban J connectivity index is 1.48. The van der Waals surface area contributed by atoms with Gasteiger partial charge in [0, 0.05) is 30.3 Å². The third kappa shape index (κ3) is 1.51. The predicted octanol–water partition coefficient (Wildman–Crippen LogP) is 1.13. The van der Waals surface area contributed by atoms with E-state index in [0.29, 0.717) is 24.5 Å². The standard InChI is InChI=1S/C20H24N2O4/c1-10(23)20-9-22(20)16-7-19(17-6-14(20)12(16)8-26-17)13-4-3-11(25-2)5-15(13)21-18(19)24/h3-5,10,12,14,16-17,23H,6-9H2,1-2H3,(H,21,24)/t10-,12+,14-,16?,17+,19+,20-,22?/m1/s1. The fourth-order valence-corrected chi connectivity index (χ4v) is 6.77. The largest absolute Gasteiger partial charge is 0.497 e. The van der Waals surface area contributed by atoms with E-state index in [4.69, 9.17) is 9.47 Å². The predicted molar refractivity (Wildman–Crippen MR) is 94.2 cm³/mol. The SMILES string of the molecule is COc1ccc2c(c1)NC(=O)[C@@]21CC2[C@H]3CO[C@H]1C[C@H]3[C@]1([C@@H](C)O)CN21. The van der Waals surface area contributed by atoms with Crippen LogP contribution in [0.2, 0.25) is 0 Å². The fourth-order valence-electron chi connectivity index (χ4n) is 6.77. The van der Waals surface area contributed by atoms with Gasteiger partial charge in [0.25, 0.3) is 0 Å². The van der Waals surface area contributed by atoms with Gasteiger partial charge in [0.15, 0.2) is 0 Å². The van der Waals surface area contributed by atoms with E-state index in [1.165, 1.54) is 0 Å². The van der Waals surface area contributed by atoms with E-state index in [0.717, 1.165) is 36.4 Å². The van der Waals surface area contributed by atoms with Crippen LogP contribution in [-0.4, -0.2) is 60.0 Å². The zero-order chi connectivity index (χ0) is 17.8. The monoisotopic (exact) mass is 356 g/mol. The van der Waals surface area contributed by atoms with Crippen molar-refractivity contribution in [3.8, 4) is 5.75 Å². The molecule has 1 aromatic rings. The Bertz CT molecular complexity index is 826. The summed E-state index contributed by atoms with van der Waals surface area (Å²) in [7, 11) is 1.64. The minimum Gasteiger partial charge on any atom is -0.497 e. The lowest BCUT2D eigenvalue weighted by atomic mass is 9.70. The summed E-state index contributed by atoms with van der Waals surface area (Å²) in [5.41, 5.74) is 1.21. The third-order valence-electron chi connectivity index (χ3n) is 8.03. The molecule has 26 heavy (non-hydrogen) atoms. The molecule has 1 aliphatic carbocycles. The molecule has 1 amide bonds. The number of fused-ring (bicyclic) bond motifs is 3. The summed E-state index contributed by atoms with van der Waals surface area (Å²) in [6, 6.07) is 6.19. The normalized spacial score (nSPS) is 48.0. The van der Waals surface area contributed by atoms with E-state index >= 15 is 0 Å². The smallest absolute Gasteiger partial charge is 0.237 e. The van der Waals surface area contributed by atoms with Gasteiger partial charge >= 0.3 is 0 Å². The van der Waals surface area contributed by atoms with E-state index in [1.54, 1.807) is 7.11 Å². The maximum Gasteiger partial charge on any atom is 0.237 e. The number of carbonyl (C=O) groups excluding carboxylic acids is 1. The minimum atomic E-state index is -0.622. The van der Waals surface area contributed by atoms with Crippen molar-refractivity contribution in [2.75, 3.05) is 25.6 Å². The van der Waals surface area contributed by atoms with E-state index in [1.807, 2.05) is 25.1 Å². The average Bonchev–Trinajstić information content (AvgIpc) is 3.30. The Hall–Kier alpha value is -1.63. The molecule has 6 aliphatic rings. The molecule has 5 heterocycles. The Morgan fingerprint density at radius 3 is 3.08 bits per heavy atom. The number of methoxy groups -OCH3 is 1. The number of aliphatic hydroxyl groups excluding tert-OH is 1. The zero-order valence-corrected chi connectivity index (χ0v) is 15.1. The molecule has 5 fully saturated rings. The van der Waals surface area contributed by atoms with Gasteiger partial charge in [-0.1, -0.05) is 6.07 Å². The number of hydrogen-bond donors (Lipinski definition) is 2. The van der Waals surface area contributed by atoms with Crippen LogP contribution in [0.3, 0.4) is 0 Å². The Kier molecular flexibility index (Phi) is 2.74. The van der Waals surface area contributed by atoms with Crippen LogP contribution in [0.5, 0.6) is 5.75 Å². The molecule has 0 aromatic heterocycles. The van der Waals surface area contributed by atoms with Crippen LogP contribution in [-0.2, 0) is 14.9 Å². The van der Waals surface area contributed by atoms with Crippen LogP contribution in [0.4, 0.5) is 5.69 Å².